The van der Waals surface area contributed by atoms with Gasteiger partial charge in [-0.3, -0.25) is 0 Å². The van der Waals surface area contributed by atoms with E-state index in [9.17, 15) is 8.42 Å². The molecule has 0 aromatic rings. The predicted octanol–water partition coefficient (Wildman–Crippen LogP) is 0.107. The highest BCUT2D eigenvalue weighted by atomic mass is 32.2. The van der Waals surface area contributed by atoms with Crippen molar-refractivity contribution in [2.45, 2.75) is 13.8 Å². The highest BCUT2D eigenvalue weighted by molar-refractivity contribution is 7.91. The molecule has 0 aromatic heterocycles. The molecule has 0 bridgehead atoms. The van der Waals surface area contributed by atoms with Crippen molar-refractivity contribution in [1.29, 1.82) is 0 Å². The Labute approximate surface area is 50.1 Å². The van der Waals surface area contributed by atoms with Crippen molar-refractivity contribution in [3.8, 4) is 0 Å². The lowest BCUT2D eigenvalue weighted by atomic mass is 10.8. The molecular weight excluding hydrogens is 126 g/mol. The quantitative estimate of drug-likeness (QED) is 0.598. The van der Waals surface area contributed by atoms with Crippen LogP contribution >= 0.6 is 0 Å². The SMILES string of the molecule is C[CH]S(=O)(=O)NCC. The first-order chi connectivity index (χ1) is 3.62. The lowest BCUT2D eigenvalue weighted by Crippen LogP contribution is -2.21. The lowest BCUT2D eigenvalue weighted by Gasteiger charge is -1.96. The van der Waals surface area contributed by atoms with E-state index in [4.69, 9.17) is 0 Å². The van der Waals surface area contributed by atoms with Crippen LogP contribution in [0.3, 0.4) is 0 Å². The number of rotatable bonds is 3. The van der Waals surface area contributed by atoms with Crippen LogP contribution in [0.4, 0.5) is 0 Å². The van der Waals surface area contributed by atoms with Gasteiger partial charge in [-0.2, -0.15) is 0 Å². The van der Waals surface area contributed by atoms with Crippen molar-refractivity contribution in [2.75, 3.05) is 6.54 Å². The largest absolute Gasteiger partial charge is 0.215 e. The van der Waals surface area contributed by atoms with Crippen molar-refractivity contribution >= 4 is 10.0 Å². The second kappa shape index (κ2) is 3.04. The van der Waals surface area contributed by atoms with E-state index < -0.39 is 10.0 Å². The third-order valence-corrected chi connectivity index (χ3v) is 1.97. The van der Waals surface area contributed by atoms with E-state index in [0.717, 1.165) is 5.75 Å². The molecule has 0 aliphatic heterocycles. The number of sulfonamides is 1. The van der Waals surface area contributed by atoms with Crippen LogP contribution in [0.15, 0.2) is 0 Å². The number of nitrogens with one attached hydrogen (secondary N) is 1. The van der Waals surface area contributed by atoms with Crippen LogP contribution in [0.5, 0.6) is 0 Å². The van der Waals surface area contributed by atoms with Gasteiger partial charge in [0, 0.05) is 6.54 Å². The van der Waals surface area contributed by atoms with Gasteiger partial charge in [-0.05, 0) is 6.92 Å². The molecule has 0 saturated carbocycles. The fourth-order valence-corrected chi connectivity index (χ4v) is 0.854. The summed E-state index contributed by atoms with van der Waals surface area (Å²) in [6.45, 7) is 3.67. The highest BCUT2D eigenvalue weighted by Crippen LogP contribution is 1.85. The molecule has 0 fully saturated rings. The summed E-state index contributed by atoms with van der Waals surface area (Å²) in [4.78, 5) is 0. The molecule has 0 saturated heterocycles. The summed E-state index contributed by atoms with van der Waals surface area (Å²) in [5.74, 6) is 1.14. The monoisotopic (exact) mass is 136 g/mol. The van der Waals surface area contributed by atoms with E-state index in [0.29, 0.717) is 6.54 Å². The zero-order chi connectivity index (χ0) is 6.62. The van der Waals surface area contributed by atoms with E-state index in [1.165, 1.54) is 6.92 Å². The molecule has 0 spiro atoms. The van der Waals surface area contributed by atoms with Crippen LogP contribution in [-0.4, -0.2) is 15.0 Å². The first-order valence-electron chi connectivity index (χ1n) is 2.41. The van der Waals surface area contributed by atoms with Gasteiger partial charge >= 0.3 is 0 Å². The van der Waals surface area contributed by atoms with Gasteiger partial charge < -0.3 is 0 Å². The van der Waals surface area contributed by atoms with Crippen LogP contribution in [0.25, 0.3) is 0 Å². The number of hydrogen-bond donors (Lipinski definition) is 1. The van der Waals surface area contributed by atoms with Gasteiger partial charge in [0.1, 0.15) is 0 Å². The van der Waals surface area contributed by atoms with Crippen molar-refractivity contribution in [3.63, 3.8) is 0 Å². The van der Waals surface area contributed by atoms with Crippen LogP contribution in [0.1, 0.15) is 13.8 Å². The molecule has 49 valence electrons. The van der Waals surface area contributed by atoms with Gasteiger partial charge in [-0.25, -0.2) is 13.1 Å². The summed E-state index contributed by atoms with van der Waals surface area (Å²) in [5.41, 5.74) is 0. The maximum Gasteiger partial charge on any atom is 0.215 e. The Morgan fingerprint density at radius 2 is 2.12 bits per heavy atom. The van der Waals surface area contributed by atoms with Gasteiger partial charge in [-0.15, -0.1) is 0 Å². The van der Waals surface area contributed by atoms with Crippen LogP contribution in [0.2, 0.25) is 0 Å². The first-order valence-corrected chi connectivity index (χ1v) is 3.96. The summed E-state index contributed by atoms with van der Waals surface area (Å²) in [5, 5.41) is 0. The molecule has 0 aliphatic carbocycles. The van der Waals surface area contributed by atoms with E-state index in [2.05, 4.69) is 4.72 Å². The second-order valence-corrected chi connectivity index (χ2v) is 3.13. The Hall–Kier alpha value is -0.0900. The summed E-state index contributed by atoms with van der Waals surface area (Å²) >= 11 is 0. The standard InChI is InChI=1S/C4H10NO2S/c1-3-5-8(6,7)4-2/h4-5H,3H2,1-2H3. The van der Waals surface area contributed by atoms with Gasteiger partial charge in [0.2, 0.25) is 10.0 Å². The molecule has 4 heteroatoms. The molecule has 0 heterocycles. The van der Waals surface area contributed by atoms with E-state index in [1.54, 1.807) is 6.92 Å². The van der Waals surface area contributed by atoms with Crippen LogP contribution in [0, 0.1) is 5.75 Å². The number of hydrogen-bond acceptors (Lipinski definition) is 2. The molecule has 3 nitrogen and oxygen atoms in total. The molecule has 8 heavy (non-hydrogen) atoms. The molecule has 0 aromatic carbocycles. The second-order valence-electron chi connectivity index (χ2n) is 1.28. The topological polar surface area (TPSA) is 46.2 Å². The van der Waals surface area contributed by atoms with Gasteiger partial charge in [-0.1, -0.05) is 6.92 Å². The average Bonchev–Trinajstić information content (AvgIpc) is 1.67. The molecular formula is C4H10NO2S. The molecule has 1 radical (unpaired) electrons. The molecule has 0 rings (SSSR count). The van der Waals surface area contributed by atoms with Gasteiger partial charge in [0.25, 0.3) is 0 Å². The van der Waals surface area contributed by atoms with Crippen molar-refractivity contribution in [1.82, 2.24) is 4.72 Å². The third kappa shape index (κ3) is 2.98. The molecule has 0 aliphatic rings. The summed E-state index contributed by atoms with van der Waals surface area (Å²) in [7, 11) is -3.04. The minimum Gasteiger partial charge on any atom is -0.215 e. The predicted molar refractivity (Wildman–Crippen MR) is 32.6 cm³/mol. The zero-order valence-corrected chi connectivity index (χ0v) is 5.83. The minimum absolute atomic E-state index is 0.451. The Morgan fingerprint density at radius 3 is 2.25 bits per heavy atom. The Morgan fingerprint density at radius 1 is 1.62 bits per heavy atom. The fourth-order valence-electron chi connectivity index (χ4n) is 0.285. The van der Waals surface area contributed by atoms with E-state index >= 15 is 0 Å². The highest BCUT2D eigenvalue weighted by Gasteiger charge is 2.01. The van der Waals surface area contributed by atoms with E-state index in [1.807, 2.05) is 0 Å². The summed E-state index contributed by atoms with van der Waals surface area (Å²) in [6, 6.07) is 0. The maximum absolute atomic E-state index is 10.4. The summed E-state index contributed by atoms with van der Waals surface area (Å²) < 4.78 is 23.2. The normalized spacial score (nSPS) is 11.8. The van der Waals surface area contributed by atoms with Crippen molar-refractivity contribution < 1.29 is 8.42 Å². The summed E-state index contributed by atoms with van der Waals surface area (Å²) in [6.07, 6.45) is 0. The smallest absolute Gasteiger partial charge is 0.215 e. The molecule has 0 amide bonds. The van der Waals surface area contributed by atoms with Crippen molar-refractivity contribution in [3.05, 3.63) is 5.75 Å². The van der Waals surface area contributed by atoms with Crippen LogP contribution < -0.4 is 4.72 Å². The zero-order valence-electron chi connectivity index (χ0n) is 5.01. The maximum atomic E-state index is 10.4. The average molecular weight is 136 g/mol. The Kier molecular flexibility index (Phi) is 3.01. The Balaban J connectivity index is 3.76. The third-order valence-electron chi connectivity index (χ3n) is 0.656. The fraction of sp³-hybridized carbons (Fsp3) is 0.750. The molecule has 0 atom stereocenters. The first kappa shape index (κ1) is 7.91. The van der Waals surface area contributed by atoms with Gasteiger partial charge in [0.05, 0.1) is 5.75 Å². The van der Waals surface area contributed by atoms with E-state index in [-0.39, 0.29) is 0 Å². The van der Waals surface area contributed by atoms with Gasteiger partial charge in [0.15, 0.2) is 0 Å². The molecule has 1 N–H and O–H groups in total. The van der Waals surface area contributed by atoms with Crippen molar-refractivity contribution in [2.24, 2.45) is 0 Å². The van der Waals surface area contributed by atoms with Crippen LogP contribution in [-0.2, 0) is 10.0 Å². The Bertz CT molecular complexity index is 138. The minimum atomic E-state index is -3.04. The lowest BCUT2D eigenvalue weighted by molar-refractivity contribution is 0.590. The molecule has 0 unspecified atom stereocenters.